The van der Waals surface area contributed by atoms with Crippen molar-refractivity contribution in [2.45, 2.75) is 33.0 Å². The fourth-order valence-corrected chi connectivity index (χ4v) is 3.04. The van der Waals surface area contributed by atoms with Gasteiger partial charge in [-0.2, -0.15) is 4.68 Å². The van der Waals surface area contributed by atoms with E-state index in [4.69, 9.17) is 9.47 Å². The molecule has 0 radical (unpaired) electrons. The van der Waals surface area contributed by atoms with Crippen LogP contribution in [0.5, 0.6) is 0 Å². The van der Waals surface area contributed by atoms with E-state index in [9.17, 15) is 9.59 Å². The summed E-state index contributed by atoms with van der Waals surface area (Å²) in [6.45, 7) is 6.07. The number of morpholine rings is 1. The number of amides is 1. The Morgan fingerprint density at radius 1 is 1.21 bits per heavy atom. The Morgan fingerprint density at radius 2 is 1.89 bits per heavy atom. The van der Waals surface area contributed by atoms with Gasteiger partial charge >= 0.3 is 5.97 Å². The number of ether oxygens (including phenoxy) is 2. The maximum Gasteiger partial charge on any atom is 0.357 e. The summed E-state index contributed by atoms with van der Waals surface area (Å²) < 4.78 is 12.2. The molecule has 9 heteroatoms. The van der Waals surface area contributed by atoms with E-state index in [0.717, 1.165) is 5.56 Å². The number of carbonyl (C=O) groups excluding carboxylic acids is 2. The standard InChI is InChI=1S/C19H23N5O4/c1-13-10-23(11-14(2)28-13)18(25)12-27-19(26)17(24-15(3)20-21-22-24)9-16-7-5-4-6-8-16/h4-9,13-14H,10-12H2,1-3H3/b17-9-/t13-,14-/m1/s1. The van der Waals surface area contributed by atoms with Crippen molar-refractivity contribution in [2.24, 2.45) is 0 Å². The lowest BCUT2D eigenvalue weighted by Gasteiger charge is -2.35. The van der Waals surface area contributed by atoms with Gasteiger partial charge in [0.2, 0.25) is 0 Å². The van der Waals surface area contributed by atoms with Gasteiger partial charge in [0.25, 0.3) is 5.91 Å². The minimum absolute atomic E-state index is 0.0548. The van der Waals surface area contributed by atoms with Crippen LogP contribution >= 0.6 is 0 Å². The molecule has 3 rings (SSSR count). The first-order chi connectivity index (χ1) is 13.4. The number of aryl methyl sites for hydroxylation is 1. The summed E-state index contributed by atoms with van der Waals surface area (Å²) in [5, 5.41) is 11.2. The number of nitrogens with zero attached hydrogens (tertiary/aromatic N) is 5. The number of benzene rings is 1. The van der Waals surface area contributed by atoms with E-state index in [0.29, 0.717) is 18.9 Å². The highest BCUT2D eigenvalue weighted by molar-refractivity contribution is 6.15. The molecule has 0 aliphatic carbocycles. The molecule has 1 amide bonds. The summed E-state index contributed by atoms with van der Waals surface area (Å²) in [5.41, 5.74) is 0.914. The predicted octanol–water partition coefficient (Wildman–Crippen LogP) is 1.16. The molecule has 1 aliphatic rings. The van der Waals surface area contributed by atoms with Gasteiger partial charge in [-0.15, -0.1) is 5.10 Å². The molecule has 0 unspecified atom stereocenters. The molecule has 0 N–H and O–H groups in total. The number of tetrazole rings is 1. The zero-order chi connectivity index (χ0) is 20.1. The van der Waals surface area contributed by atoms with E-state index in [1.54, 1.807) is 17.9 Å². The van der Waals surface area contributed by atoms with Crippen molar-refractivity contribution < 1.29 is 19.1 Å². The molecule has 0 spiro atoms. The van der Waals surface area contributed by atoms with Crippen molar-refractivity contribution >= 4 is 23.6 Å². The van der Waals surface area contributed by atoms with Gasteiger partial charge < -0.3 is 14.4 Å². The molecule has 2 aromatic rings. The Balaban J connectivity index is 1.73. The zero-order valence-corrected chi connectivity index (χ0v) is 16.1. The summed E-state index contributed by atoms with van der Waals surface area (Å²) in [7, 11) is 0. The number of carbonyl (C=O) groups is 2. The molecule has 1 fully saturated rings. The van der Waals surface area contributed by atoms with Gasteiger partial charge in [0.15, 0.2) is 18.1 Å². The van der Waals surface area contributed by atoms with Crippen LogP contribution in [0.4, 0.5) is 0 Å². The summed E-state index contributed by atoms with van der Waals surface area (Å²) in [6, 6.07) is 9.26. The number of rotatable bonds is 5. The van der Waals surface area contributed by atoms with E-state index >= 15 is 0 Å². The van der Waals surface area contributed by atoms with Gasteiger partial charge in [-0.3, -0.25) is 4.79 Å². The minimum atomic E-state index is -0.679. The summed E-state index contributed by atoms with van der Waals surface area (Å²) in [6.07, 6.45) is 1.51. The van der Waals surface area contributed by atoms with Crippen LogP contribution < -0.4 is 0 Å². The normalized spacial score (nSPS) is 20.1. The largest absolute Gasteiger partial charge is 0.451 e. The first-order valence-electron chi connectivity index (χ1n) is 9.06. The smallest absolute Gasteiger partial charge is 0.357 e. The molecule has 1 saturated heterocycles. The lowest BCUT2D eigenvalue weighted by Crippen LogP contribution is -2.49. The fraction of sp³-hybridized carbons (Fsp3) is 0.421. The van der Waals surface area contributed by atoms with E-state index in [1.165, 1.54) is 4.68 Å². The summed E-state index contributed by atoms with van der Waals surface area (Å²) in [4.78, 5) is 26.8. The van der Waals surface area contributed by atoms with Gasteiger partial charge in [0, 0.05) is 13.1 Å². The average Bonchev–Trinajstić information content (AvgIpc) is 3.09. The molecule has 2 heterocycles. The topological polar surface area (TPSA) is 99.4 Å². The number of aromatic nitrogens is 4. The van der Waals surface area contributed by atoms with Gasteiger partial charge in [-0.1, -0.05) is 30.3 Å². The third kappa shape index (κ3) is 4.80. The molecular formula is C19H23N5O4. The minimum Gasteiger partial charge on any atom is -0.451 e. The highest BCUT2D eigenvalue weighted by Crippen LogP contribution is 2.15. The third-order valence-corrected chi connectivity index (χ3v) is 4.26. The van der Waals surface area contributed by atoms with Crippen molar-refractivity contribution in [3.8, 4) is 0 Å². The number of esters is 1. The van der Waals surface area contributed by atoms with Crippen LogP contribution in [-0.4, -0.2) is 68.9 Å². The summed E-state index contributed by atoms with van der Waals surface area (Å²) >= 11 is 0. The Hall–Kier alpha value is -3.07. The molecule has 2 atom stereocenters. The molecular weight excluding hydrogens is 362 g/mol. The predicted molar refractivity (Wildman–Crippen MR) is 101 cm³/mol. The Labute approximate surface area is 162 Å². The van der Waals surface area contributed by atoms with E-state index in [-0.39, 0.29) is 30.4 Å². The molecule has 1 aromatic heterocycles. The Morgan fingerprint density at radius 3 is 2.50 bits per heavy atom. The van der Waals surface area contributed by atoms with E-state index in [2.05, 4.69) is 15.5 Å². The third-order valence-electron chi connectivity index (χ3n) is 4.26. The van der Waals surface area contributed by atoms with E-state index in [1.807, 2.05) is 44.2 Å². The zero-order valence-electron chi connectivity index (χ0n) is 16.1. The molecule has 28 heavy (non-hydrogen) atoms. The second kappa shape index (κ2) is 8.75. The van der Waals surface area contributed by atoms with Gasteiger partial charge in [-0.25, -0.2) is 4.79 Å². The fourth-order valence-electron chi connectivity index (χ4n) is 3.04. The van der Waals surface area contributed by atoms with Crippen LogP contribution in [0.15, 0.2) is 30.3 Å². The first kappa shape index (κ1) is 19.7. The van der Waals surface area contributed by atoms with Crippen molar-refractivity contribution in [2.75, 3.05) is 19.7 Å². The van der Waals surface area contributed by atoms with Crippen LogP contribution in [0, 0.1) is 6.92 Å². The second-order valence-electron chi connectivity index (χ2n) is 6.71. The maximum absolute atomic E-state index is 12.7. The average molecular weight is 385 g/mol. The van der Waals surface area contributed by atoms with Crippen LogP contribution in [-0.2, 0) is 19.1 Å². The molecule has 0 saturated carbocycles. The van der Waals surface area contributed by atoms with Crippen molar-refractivity contribution in [1.82, 2.24) is 25.1 Å². The molecule has 0 bridgehead atoms. The lowest BCUT2D eigenvalue weighted by molar-refractivity contribution is -0.154. The van der Waals surface area contributed by atoms with Crippen LogP contribution in [0.3, 0.4) is 0 Å². The van der Waals surface area contributed by atoms with Crippen molar-refractivity contribution in [1.29, 1.82) is 0 Å². The highest BCUT2D eigenvalue weighted by Gasteiger charge is 2.27. The SMILES string of the molecule is Cc1nnnn1/C(=C\c1ccccc1)C(=O)OCC(=O)N1C[C@@H](C)O[C@H](C)C1. The van der Waals surface area contributed by atoms with Gasteiger partial charge in [0.05, 0.1) is 12.2 Å². The highest BCUT2D eigenvalue weighted by atomic mass is 16.5. The quantitative estimate of drug-likeness (QED) is 0.562. The van der Waals surface area contributed by atoms with Crippen LogP contribution in [0.2, 0.25) is 0 Å². The van der Waals surface area contributed by atoms with Crippen LogP contribution in [0.25, 0.3) is 11.8 Å². The molecule has 148 valence electrons. The van der Waals surface area contributed by atoms with Crippen molar-refractivity contribution in [3.63, 3.8) is 0 Å². The monoisotopic (exact) mass is 385 g/mol. The Kier molecular flexibility index (Phi) is 6.15. The van der Waals surface area contributed by atoms with E-state index < -0.39 is 5.97 Å². The molecule has 9 nitrogen and oxygen atoms in total. The van der Waals surface area contributed by atoms with Gasteiger partial charge in [-0.05, 0) is 42.8 Å². The molecule has 1 aliphatic heterocycles. The second-order valence-corrected chi connectivity index (χ2v) is 6.71. The summed E-state index contributed by atoms with van der Waals surface area (Å²) in [5.74, 6) is -0.508. The molecule has 1 aromatic carbocycles. The Bertz CT molecular complexity index is 854. The van der Waals surface area contributed by atoms with Gasteiger partial charge in [0.1, 0.15) is 0 Å². The first-order valence-corrected chi connectivity index (χ1v) is 9.06. The van der Waals surface area contributed by atoms with Crippen molar-refractivity contribution in [3.05, 3.63) is 41.7 Å². The van der Waals surface area contributed by atoms with Crippen LogP contribution in [0.1, 0.15) is 25.2 Å². The lowest BCUT2D eigenvalue weighted by atomic mass is 10.2. The number of hydrogen-bond donors (Lipinski definition) is 0. The number of hydrogen-bond acceptors (Lipinski definition) is 7. The maximum atomic E-state index is 12.7.